The Labute approximate surface area is 252 Å². The van der Waals surface area contributed by atoms with E-state index in [1.54, 1.807) is 48.1 Å². The number of aryl methyl sites for hydroxylation is 1. The number of likely N-dealkylation sites (tertiary alicyclic amines) is 1. The van der Waals surface area contributed by atoms with E-state index in [-0.39, 0.29) is 39.6 Å². The van der Waals surface area contributed by atoms with Crippen LogP contribution in [0.2, 0.25) is 10.0 Å². The van der Waals surface area contributed by atoms with Crippen LogP contribution >= 0.6 is 23.2 Å². The van der Waals surface area contributed by atoms with Crippen LogP contribution in [0.1, 0.15) is 36.2 Å². The first kappa shape index (κ1) is 30.0. The van der Waals surface area contributed by atoms with Crippen molar-refractivity contribution in [3.05, 3.63) is 68.8 Å². The van der Waals surface area contributed by atoms with Crippen molar-refractivity contribution in [2.75, 3.05) is 38.2 Å². The number of anilines is 2. The molecule has 1 aromatic carbocycles. The van der Waals surface area contributed by atoms with Gasteiger partial charge in [0, 0.05) is 36.8 Å². The zero-order chi connectivity index (χ0) is 29.8. The predicted molar refractivity (Wildman–Crippen MR) is 162 cm³/mol. The number of nitrogens with zero attached hydrogens (tertiary/aromatic N) is 5. The molecule has 4 heterocycles. The van der Waals surface area contributed by atoms with E-state index >= 15 is 0 Å². The number of rotatable bonds is 12. The molecule has 0 radical (unpaired) electrons. The molecule has 11 nitrogen and oxygen atoms in total. The van der Waals surface area contributed by atoms with Crippen LogP contribution in [-0.4, -0.2) is 79.1 Å². The minimum atomic E-state index is -1.23. The lowest BCUT2D eigenvalue weighted by Gasteiger charge is -2.16. The first-order valence-electron chi connectivity index (χ1n) is 13.7. The molecule has 13 heteroatoms. The highest BCUT2D eigenvalue weighted by Gasteiger charge is 2.20. The third-order valence-electron chi connectivity index (χ3n) is 7.17. The molecule has 0 bridgehead atoms. The molecule has 0 spiro atoms. The molecule has 5 rings (SSSR count). The van der Waals surface area contributed by atoms with Gasteiger partial charge in [-0.25, -0.2) is 4.98 Å². The minimum absolute atomic E-state index is 0.0552. The van der Waals surface area contributed by atoms with Crippen molar-refractivity contribution in [3.8, 4) is 11.1 Å². The van der Waals surface area contributed by atoms with Crippen LogP contribution < -0.4 is 15.7 Å². The Balaban J connectivity index is 1.43. The van der Waals surface area contributed by atoms with Gasteiger partial charge in [0.05, 0.1) is 33.6 Å². The molecule has 1 saturated heterocycles. The van der Waals surface area contributed by atoms with Crippen molar-refractivity contribution in [2.24, 2.45) is 7.05 Å². The molecule has 0 amide bonds. The summed E-state index contributed by atoms with van der Waals surface area (Å²) in [4.78, 5) is 43.4. The zero-order valence-corrected chi connectivity index (χ0v) is 24.6. The number of hydrogen-bond donors (Lipinski definition) is 3. The summed E-state index contributed by atoms with van der Waals surface area (Å²) in [5, 5.41) is 23.2. The lowest BCUT2D eigenvalue weighted by atomic mass is 10.1. The second-order valence-corrected chi connectivity index (χ2v) is 11.1. The smallest absolute Gasteiger partial charge is 0.293 e. The number of Topliss-reactive ketones (excluding diaryl/α,β-unsaturated/α-hetero) is 1. The lowest BCUT2D eigenvalue weighted by molar-refractivity contribution is 0.0000179. The quantitative estimate of drug-likeness (QED) is 0.204. The van der Waals surface area contributed by atoms with Gasteiger partial charge in [-0.2, -0.15) is 4.98 Å². The van der Waals surface area contributed by atoms with Crippen molar-refractivity contribution in [1.29, 1.82) is 0 Å². The molecule has 1 aliphatic rings. The standard InChI is InChI=1S/C29H32Cl2N6O5/c1-35-15-19(13-24(35)25(40)8-5-11-36-9-2-3-10-36)33-29-32-14-18-12-21(26-22(30)6-4-7-23(26)31)28(41)37(27(18)34-29)42-17-20(39)16-38/h4,6-7,12-15,20,38-39H,2-3,5,8-11,16-17H2,1H3,(H,32,33,34)/t20-/m1/s1. The molecule has 0 saturated carbocycles. The maximum absolute atomic E-state index is 13.6. The van der Waals surface area contributed by atoms with E-state index in [2.05, 4.69) is 20.2 Å². The molecule has 0 unspecified atom stereocenters. The van der Waals surface area contributed by atoms with Gasteiger partial charge in [-0.15, -0.1) is 4.73 Å². The van der Waals surface area contributed by atoms with Gasteiger partial charge in [-0.1, -0.05) is 29.3 Å². The highest BCUT2D eigenvalue weighted by Crippen LogP contribution is 2.34. The number of nitrogens with one attached hydrogen (secondary N) is 1. The van der Waals surface area contributed by atoms with E-state index in [1.165, 1.54) is 19.0 Å². The van der Waals surface area contributed by atoms with E-state index in [9.17, 15) is 19.8 Å². The van der Waals surface area contributed by atoms with Gasteiger partial charge in [0.25, 0.3) is 5.56 Å². The van der Waals surface area contributed by atoms with Crippen LogP contribution in [0.3, 0.4) is 0 Å². The number of aromatic nitrogens is 4. The number of carbonyl (C=O) groups excluding carboxylic acids is 1. The van der Waals surface area contributed by atoms with E-state index in [0.717, 1.165) is 30.8 Å². The molecule has 3 N–H and O–H groups in total. The lowest BCUT2D eigenvalue weighted by Crippen LogP contribution is -2.34. The molecular formula is C29H32Cl2N6O5. The fraction of sp³-hybridized carbons (Fsp3) is 0.379. The maximum atomic E-state index is 13.6. The summed E-state index contributed by atoms with van der Waals surface area (Å²) in [5.74, 6) is 0.212. The Morgan fingerprint density at radius 3 is 2.64 bits per heavy atom. The summed E-state index contributed by atoms with van der Waals surface area (Å²) in [5.41, 5.74) is 1.13. The maximum Gasteiger partial charge on any atom is 0.293 e. The number of fused-ring (bicyclic) bond motifs is 1. The minimum Gasteiger partial charge on any atom is -0.406 e. The summed E-state index contributed by atoms with van der Waals surface area (Å²) in [6.07, 6.45) is 5.77. The molecule has 1 aliphatic heterocycles. The fourth-order valence-electron chi connectivity index (χ4n) is 5.03. The fourth-order valence-corrected chi connectivity index (χ4v) is 5.63. The largest absolute Gasteiger partial charge is 0.406 e. The molecule has 0 aliphatic carbocycles. The number of hydrogen-bond acceptors (Lipinski definition) is 9. The van der Waals surface area contributed by atoms with Crippen molar-refractivity contribution in [3.63, 3.8) is 0 Å². The Morgan fingerprint density at radius 2 is 1.93 bits per heavy atom. The SMILES string of the molecule is Cn1cc(Nc2ncc3cc(-c4c(Cl)cccc4Cl)c(=O)n(OC[C@H](O)CO)c3n2)cc1C(=O)CCCN1CCCC1. The Bertz CT molecular complexity index is 1630. The van der Waals surface area contributed by atoms with Crippen molar-refractivity contribution in [2.45, 2.75) is 31.8 Å². The van der Waals surface area contributed by atoms with Gasteiger partial charge in [0.15, 0.2) is 11.4 Å². The van der Waals surface area contributed by atoms with Crippen LogP contribution in [0.5, 0.6) is 0 Å². The van der Waals surface area contributed by atoms with Crippen molar-refractivity contribution < 1.29 is 19.8 Å². The number of ketones is 1. The number of pyridine rings is 1. The Hall–Kier alpha value is -3.48. The molecular weight excluding hydrogens is 583 g/mol. The summed E-state index contributed by atoms with van der Waals surface area (Å²) in [6.45, 7) is 2.20. The van der Waals surface area contributed by atoms with E-state index < -0.39 is 18.3 Å². The van der Waals surface area contributed by atoms with Crippen LogP contribution in [-0.2, 0) is 7.05 Å². The summed E-state index contributed by atoms with van der Waals surface area (Å²) in [7, 11) is 1.81. The number of halogens is 2. The van der Waals surface area contributed by atoms with Gasteiger partial charge < -0.3 is 29.8 Å². The van der Waals surface area contributed by atoms with Crippen LogP contribution in [0.4, 0.5) is 11.6 Å². The molecule has 222 valence electrons. The number of benzene rings is 1. The van der Waals surface area contributed by atoms with Crippen LogP contribution in [0, 0.1) is 0 Å². The molecule has 3 aromatic heterocycles. The molecule has 42 heavy (non-hydrogen) atoms. The average molecular weight is 616 g/mol. The van der Waals surface area contributed by atoms with Gasteiger partial charge in [-0.05, 0) is 63.2 Å². The number of aliphatic hydroxyl groups is 2. The van der Waals surface area contributed by atoms with E-state index in [1.807, 2.05) is 0 Å². The van der Waals surface area contributed by atoms with Gasteiger partial charge in [0.1, 0.15) is 12.7 Å². The van der Waals surface area contributed by atoms with Gasteiger partial charge in [-0.3, -0.25) is 9.59 Å². The van der Waals surface area contributed by atoms with Gasteiger partial charge in [0.2, 0.25) is 5.95 Å². The van der Waals surface area contributed by atoms with Crippen molar-refractivity contribution in [1.82, 2.24) is 24.2 Å². The third kappa shape index (κ3) is 6.61. The average Bonchev–Trinajstić information content (AvgIpc) is 3.62. The summed E-state index contributed by atoms with van der Waals surface area (Å²) >= 11 is 12.8. The molecule has 1 fully saturated rings. The van der Waals surface area contributed by atoms with Crippen molar-refractivity contribution >= 4 is 51.7 Å². The first-order valence-corrected chi connectivity index (χ1v) is 14.5. The first-order chi connectivity index (χ1) is 20.2. The highest BCUT2D eigenvalue weighted by atomic mass is 35.5. The Kier molecular flexibility index (Phi) is 9.44. The Morgan fingerprint density at radius 1 is 1.19 bits per heavy atom. The second kappa shape index (κ2) is 13.2. The van der Waals surface area contributed by atoms with Crippen LogP contribution in [0.15, 0.2) is 47.5 Å². The van der Waals surface area contributed by atoms with E-state index in [0.29, 0.717) is 28.8 Å². The third-order valence-corrected chi connectivity index (χ3v) is 7.80. The highest BCUT2D eigenvalue weighted by molar-refractivity contribution is 6.39. The normalized spacial score (nSPS) is 14.4. The second-order valence-electron chi connectivity index (χ2n) is 10.3. The number of aliphatic hydroxyl groups excluding tert-OH is 2. The van der Waals surface area contributed by atoms with Gasteiger partial charge >= 0.3 is 0 Å². The van der Waals surface area contributed by atoms with Crippen LogP contribution in [0.25, 0.3) is 22.2 Å². The molecule has 1 atom stereocenters. The predicted octanol–water partition coefficient (Wildman–Crippen LogP) is 3.69. The monoisotopic (exact) mass is 614 g/mol. The summed E-state index contributed by atoms with van der Waals surface area (Å²) < 4.78 is 2.69. The zero-order valence-electron chi connectivity index (χ0n) is 23.1. The molecule has 4 aromatic rings. The number of carbonyl (C=O) groups is 1. The van der Waals surface area contributed by atoms with E-state index in [4.69, 9.17) is 28.0 Å². The topological polar surface area (TPSA) is 135 Å². The summed E-state index contributed by atoms with van der Waals surface area (Å²) in [6, 6.07) is 8.21.